The molecule has 5 nitrogen and oxygen atoms in total. The minimum absolute atomic E-state index is 0.0574. The van der Waals surface area contributed by atoms with Gasteiger partial charge in [-0.1, -0.05) is 44.0 Å². The highest BCUT2D eigenvalue weighted by Gasteiger charge is 2.31. The highest BCUT2D eigenvalue weighted by Crippen LogP contribution is 2.21. The molecule has 2 aromatic rings. The monoisotopic (exact) mass is 436 g/mol. The Labute approximate surface area is 192 Å². The molecule has 1 atom stereocenters. The van der Waals surface area contributed by atoms with Crippen LogP contribution in [0.3, 0.4) is 0 Å². The van der Waals surface area contributed by atoms with E-state index in [1.165, 1.54) is 18.4 Å². The first-order valence-corrected chi connectivity index (χ1v) is 12.0. The molecular formula is C27H36N2O3. The Morgan fingerprint density at radius 1 is 1.00 bits per heavy atom. The zero-order valence-electron chi connectivity index (χ0n) is 19.4. The molecule has 0 aliphatic carbocycles. The molecule has 1 aliphatic rings. The highest BCUT2D eigenvalue weighted by molar-refractivity contribution is 5.97. The van der Waals surface area contributed by atoms with Crippen LogP contribution in [0.4, 0.5) is 0 Å². The van der Waals surface area contributed by atoms with Crippen molar-refractivity contribution in [2.45, 2.75) is 71.4 Å². The van der Waals surface area contributed by atoms with Gasteiger partial charge in [-0.05, 0) is 74.4 Å². The lowest BCUT2D eigenvalue weighted by Gasteiger charge is -2.30. The van der Waals surface area contributed by atoms with E-state index in [-0.39, 0.29) is 11.8 Å². The Kier molecular flexibility index (Phi) is 9.14. The van der Waals surface area contributed by atoms with Gasteiger partial charge in [-0.25, -0.2) is 0 Å². The summed E-state index contributed by atoms with van der Waals surface area (Å²) in [5.41, 5.74) is 2.86. The van der Waals surface area contributed by atoms with Crippen LogP contribution in [0.25, 0.3) is 0 Å². The molecule has 32 heavy (non-hydrogen) atoms. The maximum Gasteiger partial charge on any atom is 0.254 e. The average molecular weight is 437 g/mol. The first kappa shape index (κ1) is 23.8. The fraction of sp³-hybridized carbons (Fsp3) is 0.481. The summed E-state index contributed by atoms with van der Waals surface area (Å²) in [5.74, 6) is 0.652. The first-order chi connectivity index (χ1) is 15.6. The second-order valence-corrected chi connectivity index (χ2v) is 8.47. The summed E-state index contributed by atoms with van der Waals surface area (Å²) in [7, 11) is 0. The van der Waals surface area contributed by atoms with Crippen molar-refractivity contribution in [3.8, 4) is 5.75 Å². The molecule has 5 heteroatoms. The van der Waals surface area contributed by atoms with Crippen molar-refractivity contribution in [1.29, 1.82) is 0 Å². The molecule has 1 heterocycles. The first-order valence-electron chi connectivity index (χ1n) is 12.0. The third kappa shape index (κ3) is 6.59. The number of carbonyl (C=O) groups is 2. The van der Waals surface area contributed by atoms with Gasteiger partial charge in [-0.3, -0.25) is 9.59 Å². The van der Waals surface area contributed by atoms with Gasteiger partial charge in [0.25, 0.3) is 5.91 Å². The molecule has 2 aromatic carbocycles. The summed E-state index contributed by atoms with van der Waals surface area (Å²) in [6, 6.07) is 15.2. The smallest absolute Gasteiger partial charge is 0.254 e. The van der Waals surface area contributed by atoms with Crippen LogP contribution in [-0.4, -0.2) is 35.9 Å². The van der Waals surface area contributed by atoms with Crippen molar-refractivity contribution in [2.24, 2.45) is 0 Å². The van der Waals surface area contributed by atoms with Crippen molar-refractivity contribution in [1.82, 2.24) is 10.2 Å². The lowest BCUT2D eigenvalue weighted by molar-refractivity contribution is -0.125. The standard InChI is InChI=1S/C27H36N2O3/c1-3-5-6-9-21-11-15-23(16-12-21)27(31)29(25-10-7-8-19-28-26(25)30)20-22-13-17-24(18-14-22)32-4-2/h11-18,25H,3-10,19-20H2,1-2H3,(H,28,30). The summed E-state index contributed by atoms with van der Waals surface area (Å²) in [5, 5.41) is 2.98. The lowest BCUT2D eigenvalue weighted by Crippen LogP contribution is -2.48. The van der Waals surface area contributed by atoms with Gasteiger partial charge in [0.05, 0.1) is 6.61 Å². The molecule has 0 saturated carbocycles. The van der Waals surface area contributed by atoms with E-state index < -0.39 is 6.04 Å². The van der Waals surface area contributed by atoms with Gasteiger partial charge < -0.3 is 15.0 Å². The number of benzene rings is 2. The van der Waals surface area contributed by atoms with Crippen LogP contribution >= 0.6 is 0 Å². The number of amides is 2. The maximum absolute atomic E-state index is 13.6. The lowest BCUT2D eigenvalue weighted by atomic mass is 10.0. The van der Waals surface area contributed by atoms with Gasteiger partial charge in [-0.2, -0.15) is 0 Å². The van der Waals surface area contributed by atoms with Crippen LogP contribution in [0.2, 0.25) is 0 Å². The molecule has 172 valence electrons. The molecule has 1 fully saturated rings. The van der Waals surface area contributed by atoms with Crippen LogP contribution in [0.1, 0.15) is 73.9 Å². The Morgan fingerprint density at radius 2 is 1.72 bits per heavy atom. The van der Waals surface area contributed by atoms with Crippen LogP contribution in [0.15, 0.2) is 48.5 Å². The summed E-state index contributed by atoms with van der Waals surface area (Å²) in [6.07, 6.45) is 7.16. The molecule has 1 unspecified atom stereocenters. The zero-order valence-corrected chi connectivity index (χ0v) is 19.4. The Bertz CT molecular complexity index is 861. The second-order valence-electron chi connectivity index (χ2n) is 8.47. The molecule has 0 bridgehead atoms. The van der Waals surface area contributed by atoms with E-state index in [1.54, 1.807) is 4.90 Å². The Morgan fingerprint density at radius 3 is 2.41 bits per heavy atom. The fourth-order valence-electron chi connectivity index (χ4n) is 4.16. The summed E-state index contributed by atoms with van der Waals surface area (Å²) in [6.45, 7) is 5.83. The molecule has 3 rings (SSSR count). The number of hydrogen-bond donors (Lipinski definition) is 1. The van der Waals surface area contributed by atoms with Crippen molar-refractivity contribution in [2.75, 3.05) is 13.2 Å². The zero-order chi connectivity index (χ0) is 22.8. The quantitative estimate of drug-likeness (QED) is 0.525. The molecule has 1 aliphatic heterocycles. The highest BCUT2D eigenvalue weighted by atomic mass is 16.5. The van der Waals surface area contributed by atoms with Crippen LogP contribution in [-0.2, 0) is 17.8 Å². The van der Waals surface area contributed by atoms with Crippen LogP contribution < -0.4 is 10.1 Å². The summed E-state index contributed by atoms with van der Waals surface area (Å²) < 4.78 is 5.53. The third-order valence-electron chi connectivity index (χ3n) is 6.00. The molecule has 0 radical (unpaired) electrons. The van der Waals surface area contributed by atoms with E-state index in [0.29, 0.717) is 31.7 Å². The number of nitrogens with zero attached hydrogens (tertiary/aromatic N) is 1. The number of ether oxygens (including phenoxy) is 1. The van der Waals surface area contributed by atoms with Gasteiger partial charge in [0.2, 0.25) is 5.91 Å². The van der Waals surface area contributed by atoms with Crippen molar-refractivity contribution < 1.29 is 14.3 Å². The number of aryl methyl sites for hydroxylation is 1. The minimum atomic E-state index is -0.458. The van der Waals surface area contributed by atoms with E-state index >= 15 is 0 Å². The van der Waals surface area contributed by atoms with Crippen molar-refractivity contribution >= 4 is 11.8 Å². The summed E-state index contributed by atoms with van der Waals surface area (Å²) in [4.78, 5) is 28.1. The van der Waals surface area contributed by atoms with Crippen molar-refractivity contribution in [3.05, 3.63) is 65.2 Å². The molecule has 1 saturated heterocycles. The average Bonchev–Trinajstić information content (AvgIpc) is 3.03. The maximum atomic E-state index is 13.6. The van der Waals surface area contributed by atoms with Crippen LogP contribution in [0.5, 0.6) is 5.75 Å². The number of unbranched alkanes of at least 4 members (excludes halogenated alkanes) is 2. The predicted octanol–water partition coefficient (Wildman–Crippen LogP) is 5.13. The van der Waals surface area contributed by atoms with Crippen molar-refractivity contribution in [3.63, 3.8) is 0 Å². The van der Waals surface area contributed by atoms with Gasteiger partial charge in [-0.15, -0.1) is 0 Å². The molecule has 1 N–H and O–H groups in total. The van der Waals surface area contributed by atoms with Gasteiger partial charge in [0, 0.05) is 18.7 Å². The predicted molar refractivity (Wildman–Crippen MR) is 128 cm³/mol. The van der Waals surface area contributed by atoms with E-state index in [4.69, 9.17) is 4.74 Å². The van der Waals surface area contributed by atoms with Gasteiger partial charge in [0.1, 0.15) is 11.8 Å². The number of hydrogen-bond acceptors (Lipinski definition) is 3. The van der Waals surface area contributed by atoms with Gasteiger partial charge in [0.15, 0.2) is 0 Å². The number of nitrogens with one attached hydrogen (secondary N) is 1. The van der Waals surface area contributed by atoms with E-state index in [1.807, 2.05) is 55.5 Å². The molecule has 0 aromatic heterocycles. The minimum Gasteiger partial charge on any atom is -0.494 e. The molecule has 2 amide bonds. The van der Waals surface area contributed by atoms with Crippen LogP contribution in [0, 0.1) is 0 Å². The van der Waals surface area contributed by atoms with E-state index in [0.717, 1.165) is 37.0 Å². The molecular weight excluding hydrogens is 400 g/mol. The topological polar surface area (TPSA) is 58.6 Å². The normalized spacial score (nSPS) is 16.2. The van der Waals surface area contributed by atoms with Gasteiger partial charge >= 0.3 is 0 Å². The van der Waals surface area contributed by atoms with E-state index in [9.17, 15) is 9.59 Å². The second kappa shape index (κ2) is 12.3. The third-order valence-corrected chi connectivity index (χ3v) is 6.00. The Hall–Kier alpha value is -2.82. The van der Waals surface area contributed by atoms with E-state index in [2.05, 4.69) is 12.2 Å². The number of carbonyl (C=O) groups excluding carboxylic acids is 2. The number of rotatable bonds is 10. The summed E-state index contributed by atoms with van der Waals surface area (Å²) >= 11 is 0. The largest absolute Gasteiger partial charge is 0.494 e. The molecule has 0 spiro atoms. The SMILES string of the molecule is CCCCCc1ccc(C(=O)N(Cc2ccc(OCC)cc2)C2CCCCNC2=O)cc1. The Balaban J connectivity index is 1.80. The fourth-order valence-corrected chi connectivity index (χ4v) is 4.16.